The number of ether oxygens (including phenoxy) is 1. The Bertz CT molecular complexity index is 1250. The van der Waals surface area contributed by atoms with E-state index in [0.29, 0.717) is 18.2 Å². The molecule has 0 spiro atoms. The standard InChI is InChI=1S/C19H11F4NO8S/c20-8-3-6(12-9(25)5-11(27)15(14(12)28)32-19(21,22)23)4-10(26)13(8)24-17(29)7-1-2-33-16(7)18(30)31/h1-5,25-28H,(H,24,29)(H,30,31). The number of aromatic hydroxyl groups is 4. The molecule has 0 bridgehead atoms. The highest BCUT2D eigenvalue weighted by molar-refractivity contribution is 7.12. The number of aromatic carboxylic acids is 1. The van der Waals surface area contributed by atoms with Gasteiger partial charge in [-0.2, -0.15) is 0 Å². The van der Waals surface area contributed by atoms with Gasteiger partial charge in [0.25, 0.3) is 5.91 Å². The summed E-state index contributed by atoms with van der Waals surface area (Å²) in [6.45, 7) is 0. The summed E-state index contributed by atoms with van der Waals surface area (Å²) >= 11 is 0.730. The van der Waals surface area contributed by atoms with Crippen LogP contribution in [0.15, 0.2) is 29.6 Å². The Labute approximate surface area is 184 Å². The van der Waals surface area contributed by atoms with Crippen LogP contribution < -0.4 is 10.1 Å². The summed E-state index contributed by atoms with van der Waals surface area (Å²) in [5.41, 5.74) is -2.51. The van der Waals surface area contributed by atoms with Crippen LogP contribution in [0, 0.1) is 5.82 Å². The molecule has 0 saturated heterocycles. The fourth-order valence-electron chi connectivity index (χ4n) is 2.82. The number of nitrogens with one attached hydrogen (secondary N) is 1. The van der Waals surface area contributed by atoms with Gasteiger partial charge in [0.2, 0.25) is 5.75 Å². The second-order valence-electron chi connectivity index (χ2n) is 6.29. The minimum Gasteiger partial charge on any atom is -0.507 e. The molecule has 174 valence electrons. The molecule has 1 heterocycles. The zero-order valence-corrected chi connectivity index (χ0v) is 16.6. The number of carboxylic acids is 1. The van der Waals surface area contributed by atoms with Crippen molar-refractivity contribution in [1.82, 2.24) is 0 Å². The van der Waals surface area contributed by atoms with Crippen molar-refractivity contribution < 1.29 is 57.4 Å². The maximum atomic E-state index is 14.7. The molecule has 1 aromatic heterocycles. The molecule has 0 atom stereocenters. The Morgan fingerprint density at radius 3 is 2.24 bits per heavy atom. The van der Waals surface area contributed by atoms with Gasteiger partial charge < -0.3 is 35.6 Å². The zero-order chi connectivity index (χ0) is 24.7. The first-order valence-electron chi connectivity index (χ1n) is 8.48. The third-order valence-corrected chi connectivity index (χ3v) is 5.04. The highest BCUT2D eigenvalue weighted by Gasteiger charge is 2.35. The molecule has 6 N–H and O–H groups in total. The number of amides is 1. The number of carbonyl (C=O) groups excluding carboxylic acids is 1. The normalized spacial score (nSPS) is 11.3. The summed E-state index contributed by atoms with van der Waals surface area (Å²) in [7, 11) is 0. The molecule has 9 nitrogen and oxygen atoms in total. The van der Waals surface area contributed by atoms with E-state index in [9.17, 15) is 47.6 Å². The molecule has 33 heavy (non-hydrogen) atoms. The van der Waals surface area contributed by atoms with Crippen molar-refractivity contribution in [3.8, 4) is 39.9 Å². The fraction of sp³-hybridized carbons (Fsp3) is 0.0526. The highest BCUT2D eigenvalue weighted by atomic mass is 32.1. The number of anilines is 1. The van der Waals surface area contributed by atoms with E-state index in [1.807, 2.05) is 5.32 Å². The molecule has 0 aliphatic rings. The monoisotopic (exact) mass is 489 g/mol. The number of rotatable bonds is 5. The lowest BCUT2D eigenvalue weighted by Crippen LogP contribution is -2.17. The fourth-order valence-corrected chi connectivity index (χ4v) is 3.55. The van der Waals surface area contributed by atoms with E-state index in [-0.39, 0.29) is 10.4 Å². The second kappa shape index (κ2) is 8.38. The summed E-state index contributed by atoms with van der Waals surface area (Å²) < 4.78 is 55.8. The third kappa shape index (κ3) is 4.69. The van der Waals surface area contributed by atoms with Crippen molar-refractivity contribution in [2.75, 3.05) is 5.32 Å². The number of carboxylic acid groups (broad SMARTS) is 1. The smallest absolute Gasteiger partial charge is 0.507 e. The summed E-state index contributed by atoms with van der Waals surface area (Å²) in [5, 5.41) is 52.1. The first-order valence-corrected chi connectivity index (χ1v) is 9.36. The van der Waals surface area contributed by atoms with E-state index in [1.54, 1.807) is 0 Å². The molecule has 3 rings (SSSR count). The Morgan fingerprint density at radius 1 is 1.00 bits per heavy atom. The van der Waals surface area contributed by atoms with Crippen LogP contribution in [0.3, 0.4) is 0 Å². The number of thiophene rings is 1. The Hall–Kier alpha value is -4.20. The van der Waals surface area contributed by atoms with Crippen LogP contribution in [0.25, 0.3) is 11.1 Å². The Balaban J connectivity index is 2.03. The molecule has 0 saturated carbocycles. The van der Waals surface area contributed by atoms with Gasteiger partial charge in [-0.3, -0.25) is 4.79 Å². The molecule has 0 fully saturated rings. The Kier molecular flexibility index (Phi) is 5.96. The van der Waals surface area contributed by atoms with Crippen LogP contribution in [0.2, 0.25) is 0 Å². The van der Waals surface area contributed by atoms with Gasteiger partial charge in [-0.05, 0) is 29.1 Å². The SMILES string of the molecule is O=C(Nc1c(O)cc(-c2c(O)cc(O)c(OC(F)(F)F)c2O)cc1F)c1ccsc1C(=O)O. The molecule has 0 unspecified atom stereocenters. The molecule has 0 aliphatic carbocycles. The van der Waals surface area contributed by atoms with Gasteiger partial charge in [-0.1, -0.05) is 0 Å². The van der Waals surface area contributed by atoms with Gasteiger partial charge in [0.05, 0.1) is 11.1 Å². The predicted molar refractivity (Wildman–Crippen MR) is 104 cm³/mol. The van der Waals surface area contributed by atoms with Gasteiger partial charge >= 0.3 is 12.3 Å². The van der Waals surface area contributed by atoms with E-state index in [2.05, 4.69) is 4.74 Å². The number of halogens is 4. The summed E-state index contributed by atoms with van der Waals surface area (Å²) in [6.07, 6.45) is -5.33. The van der Waals surface area contributed by atoms with E-state index < -0.39 is 69.6 Å². The lowest BCUT2D eigenvalue weighted by atomic mass is 10.0. The van der Waals surface area contributed by atoms with E-state index >= 15 is 0 Å². The molecule has 0 radical (unpaired) electrons. The first-order chi connectivity index (χ1) is 15.3. The van der Waals surface area contributed by atoms with Crippen molar-refractivity contribution in [3.05, 3.63) is 45.9 Å². The van der Waals surface area contributed by atoms with E-state index in [4.69, 9.17) is 5.11 Å². The molecule has 14 heteroatoms. The molecule has 3 aromatic rings. The molecule has 2 aromatic carbocycles. The average molecular weight is 489 g/mol. The minimum atomic E-state index is -5.33. The lowest BCUT2D eigenvalue weighted by Gasteiger charge is -2.17. The number of hydrogen-bond acceptors (Lipinski definition) is 8. The summed E-state index contributed by atoms with van der Waals surface area (Å²) in [6, 6.07) is 2.78. The number of phenols is 4. The van der Waals surface area contributed by atoms with Gasteiger partial charge in [-0.25, -0.2) is 9.18 Å². The number of carbonyl (C=O) groups is 2. The van der Waals surface area contributed by atoms with Gasteiger partial charge in [0, 0.05) is 6.07 Å². The van der Waals surface area contributed by atoms with Crippen molar-refractivity contribution >= 4 is 28.9 Å². The zero-order valence-electron chi connectivity index (χ0n) is 15.8. The second-order valence-corrected chi connectivity index (χ2v) is 7.21. The summed E-state index contributed by atoms with van der Waals surface area (Å²) in [4.78, 5) is 23.1. The largest absolute Gasteiger partial charge is 0.573 e. The van der Waals surface area contributed by atoms with Crippen LogP contribution in [-0.4, -0.2) is 43.8 Å². The first kappa shape index (κ1) is 23.5. The molecular weight excluding hydrogens is 478 g/mol. The van der Waals surface area contributed by atoms with Gasteiger partial charge in [0.1, 0.15) is 22.1 Å². The predicted octanol–water partition coefficient (Wildman–Crippen LogP) is 4.23. The molecule has 1 amide bonds. The number of phenolic OH excluding ortho intramolecular Hbond substituents is 4. The number of benzene rings is 2. The number of hydrogen-bond donors (Lipinski definition) is 6. The minimum absolute atomic E-state index is 0.321. The maximum absolute atomic E-state index is 14.7. The highest BCUT2D eigenvalue weighted by Crippen LogP contribution is 2.51. The van der Waals surface area contributed by atoms with E-state index in [1.165, 1.54) is 5.38 Å². The quantitative estimate of drug-likeness (QED) is 0.230. The average Bonchev–Trinajstić information content (AvgIpc) is 3.17. The van der Waals surface area contributed by atoms with Crippen LogP contribution in [0.5, 0.6) is 28.7 Å². The van der Waals surface area contributed by atoms with Crippen molar-refractivity contribution in [2.45, 2.75) is 6.36 Å². The van der Waals surface area contributed by atoms with Gasteiger partial charge in [-0.15, -0.1) is 24.5 Å². The van der Waals surface area contributed by atoms with Crippen LogP contribution in [0.4, 0.5) is 23.2 Å². The third-order valence-electron chi connectivity index (χ3n) is 4.13. The van der Waals surface area contributed by atoms with Gasteiger partial charge in [0.15, 0.2) is 17.3 Å². The molecule has 0 aliphatic heterocycles. The maximum Gasteiger partial charge on any atom is 0.573 e. The van der Waals surface area contributed by atoms with Crippen LogP contribution in [-0.2, 0) is 0 Å². The topological polar surface area (TPSA) is 157 Å². The van der Waals surface area contributed by atoms with Crippen LogP contribution >= 0.6 is 11.3 Å². The summed E-state index contributed by atoms with van der Waals surface area (Å²) in [5.74, 6) is -9.97. The van der Waals surface area contributed by atoms with E-state index in [0.717, 1.165) is 17.4 Å². The number of alkyl halides is 3. The Morgan fingerprint density at radius 2 is 1.67 bits per heavy atom. The van der Waals surface area contributed by atoms with Crippen LogP contribution in [0.1, 0.15) is 20.0 Å². The van der Waals surface area contributed by atoms with Crippen molar-refractivity contribution in [3.63, 3.8) is 0 Å². The lowest BCUT2D eigenvalue weighted by molar-refractivity contribution is -0.275. The molecular formula is C19H11F4NO8S. The van der Waals surface area contributed by atoms with Crippen molar-refractivity contribution in [2.24, 2.45) is 0 Å². The van der Waals surface area contributed by atoms with Crippen molar-refractivity contribution in [1.29, 1.82) is 0 Å².